The van der Waals surface area contributed by atoms with E-state index >= 15 is 0 Å². The molecule has 0 saturated carbocycles. The first-order chi connectivity index (χ1) is 9.17. The van der Waals surface area contributed by atoms with Crippen molar-refractivity contribution in [1.29, 1.82) is 5.41 Å². The van der Waals surface area contributed by atoms with Gasteiger partial charge in [0.25, 0.3) is 0 Å². The van der Waals surface area contributed by atoms with Crippen LogP contribution in [0.1, 0.15) is 15.9 Å². The molecule has 2 rings (SSSR count). The number of para-hydroxylation sites is 1. The van der Waals surface area contributed by atoms with Crippen molar-refractivity contribution in [3.8, 4) is 16.9 Å². The maximum atomic E-state index is 11.0. The molecule has 4 nitrogen and oxygen atoms in total. The topological polar surface area (TPSA) is 76.2 Å². The van der Waals surface area contributed by atoms with Crippen LogP contribution >= 0.6 is 0 Å². The van der Waals surface area contributed by atoms with Crippen molar-refractivity contribution in [3.63, 3.8) is 0 Å². The Labute approximate surface area is 111 Å². The third kappa shape index (κ3) is 2.47. The molecule has 3 N–H and O–H groups in total. The zero-order valence-corrected chi connectivity index (χ0v) is 10.5. The molecule has 0 saturated heterocycles. The van der Waals surface area contributed by atoms with Crippen LogP contribution in [0.4, 0.5) is 0 Å². The van der Waals surface area contributed by atoms with Gasteiger partial charge < -0.3 is 10.5 Å². The minimum Gasteiger partial charge on any atom is -0.495 e. The van der Waals surface area contributed by atoms with Gasteiger partial charge in [0.1, 0.15) is 11.6 Å². The second-order valence-corrected chi connectivity index (χ2v) is 4.04. The molecular weight excluding hydrogens is 240 g/mol. The number of carbonyl (C=O) groups is 1. The Morgan fingerprint density at radius 2 is 1.89 bits per heavy atom. The number of amidine groups is 1. The predicted molar refractivity (Wildman–Crippen MR) is 74.8 cm³/mol. The number of benzene rings is 2. The number of hydrogen-bond donors (Lipinski definition) is 2. The Hall–Kier alpha value is -2.62. The first kappa shape index (κ1) is 12.8. The van der Waals surface area contributed by atoms with E-state index in [0.29, 0.717) is 16.9 Å². The summed E-state index contributed by atoms with van der Waals surface area (Å²) < 4.78 is 5.30. The Bertz CT molecular complexity index is 619. The van der Waals surface area contributed by atoms with Gasteiger partial charge in [-0.15, -0.1) is 0 Å². The second kappa shape index (κ2) is 5.35. The van der Waals surface area contributed by atoms with E-state index in [-0.39, 0.29) is 5.84 Å². The van der Waals surface area contributed by atoms with E-state index in [2.05, 4.69) is 0 Å². The van der Waals surface area contributed by atoms with Crippen molar-refractivity contribution in [2.24, 2.45) is 5.73 Å². The zero-order valence-electron chi connectivity index (χ0n) is 10.5. The average Bonchev–Trinajstić information content (AvgIpc) is 2.46. The SMILES string of the molecule is COc1c(C=O)cccc1-c1ccc(C(=N)N)cc1. The van der Waals surface area contributed by atoms with Gasteiger partial charge in [-0.1, -0.05) is 36.4 Å². The molecule has 0 fully saturated rings. The fraction of sp³-hybridized carbons (Fsp3) is 0.0667. The number of rotatable bonds is 4. The fourth-order valence-corrected chi connectivity index (χ4v) is 1.93. The summed E-state index contributed by atoms with van der Waals surface area (Å²) in [6.07, 6.45) is 0.770. The molecule has 0 aliphatic rings. The molecule has 4 heteroatoms. The van der Waals surface area contributed by atoms with E-state index in [1.54, 1.807) is 24.3 Å². The van der Waals surface area contributed by atoms with Gasteiger partial charge in [0.05, 0.1) is 12.7 Å². The number of ether oxygens (including phenoxy) is 1. The van der Waals surface area contributed by atoms with Crippen LogP contribution in [-0.4, -0.2) is 19.2 Å². The van der Waals surface area contributed by atoms with Crippen LogP contribution < -0.4 is 10.5 Å². The highest BCUT2D eigenvalue weighted by atomic mass is 16.5. The van der Waals surface area contributed by atoms with Crippen LogP contribution in [0.25, 0.3) is 11.1 Å². The van der Waals surface area contributed by atoms with E-state index in [1.165, 1.54) is 7.11 Å². The molecule has 0 amide bonds. The molecule has 2 aromatic carbocycles. The molecule has 96 valence electrons. The number of hydrogen-bond acceptors (Lipinski definition) is 3. The van der Waals surface area contributed by atoms with Gasteiger partial charge in [-0.05, 0) is 11.6 Å². The van der Waals surface area contributed by atoms with Gasteiger partial charge in [0, 0.05) is 11.1 Å². The minimum absolute atomic E-state index is 0.0279. The van der Waals surface area contributed by atoms with Crippen molar-refractivity contribution >= 4 is 12.1 Å². The molecular formula is C15H14N2O2. The van der Waals surface area contributed by atoms with Crippen molar-refractivity contribution in [2.75, 3.05) is 7.11 Å². The summed E-state index contributed by atoms with van der Waals surface area (Å²) in [5.41, 5.74) is 8.33. The van der Waals surface area contributed by atoms with E-state index in [4.69, 9.17) is 15.9 Å². The summed E-state index contributed by atoms with van der Waals surface area (Å²) in [5, 5.41) is 7.36. The first-order valence-electron chi connectivity index (χ1n) is 5.74. The van der Waals surface area contributed by atoms with E-state index in [0.717, 1.165) is 17.4 Å². The van der Waals surface area contributed by atoms with Crippen LogP contribution in [0.3, 0.4) is 0 Å². The normalized spacial score (nSPS) is 9.95. The highest BCUT2D eigenvalue weighted by Crippen LogP contribution is 2.32. The average molecular weight is 254 g/mol. The molecule has 0 radical (unpaired) electrons. The predicted octanol–water partition coefficient (Wildman–Crippen LogP) is 2.46. The van der Waals surface area contributed by atoms with Crippen LogP contribution in [0.15, 0.2) is 42.5 Å². The molecule has 0 aromatic heterocycles. The molecule has 0 unspecified atom stereocenters. The van der Waals surface area contributed by atoms with Crippen LogP contribution in [0, 0.1) is 5.41 Å². The maximum absolute atomic E-state index is 11.0. The van der Waals surface area contributed by atoms with Gasteiger partial charge >= 0.3 is 0 Å². The first-order valence-corrected chi connectivity index (χ1v) is 5.74. The van der Waals surface area contributed by atoms with Crippen molar-refractivity contribution in [3.05, 3.63) is 53.6 Å². The van der Waals surface area contributed by atoms with Gasteiger partial charge in [-0.25, -0.2) is 0 Å². The number of nitrogens with two attached hydrogens (primary N) is 1. The second-order valence-electron chi connectivity index (χ2n) is 4.04. The monoisotopic (exact) mass is 254 g/mol. The summed E-state index contributed by atoms with van der Waals surface area (Å²) in [6, 6.07) is 12.6. The molecule has 0 aliphatic carbocycles. The van der Waals surface area contributed by atoms with Gasteiger partial charge in [-0.2, -0.15) is 0 Å². The quantitative estimate of drug-likeness (QED) is 0.500. The minimum atomic E-state index is 0.0279. The molecule has 0 aliphatic heterocycles. The maximum Gasteiger partial charge on any atom is 0.153 e. The summed E-state index contributed by atoms with van der Waals surface area (Å²) >= 11 is 0. The van der Waals surface area contributed by atoms with E-state index in [9.17, 15) is 4.79 Å². The highest BCUT2D eigenvalue weighted by molar-refractivity contribution is 5.95. The third-order valence-electron chi connectivity index (χ3n) is 2.88. The third-order valence-corrected chi connectivity index (χ3v) is 2.88. The lowest BCUT2D eigenvalue weighted by Gasteiger charge is -2.11. The Kier molecular flexibility index (Phi) is 3.61. The van der Waals surface area contributed by atoms with E-state index < -0.39 is 0 Å². The zero-order chi connectivity index (χ0) is 13.8. The number of nitrogens with one attached hydrogen (secondary N) is 1. The van der Waals surface area contributed by atoms with Crippen LogP contribution in [0.5, 0.6) is 5.75 Å². The van der Waals surface area contributed by atoms with Gasteiger partial charge in [0.15, 0.2) is 6.29 Å². The summed E-state index contributed by atoms with van der Waals surface area (Å²) in [4.78, 5) is 11.0. The van der Waals surface area contributed by atoms with Crippen molar-refractivity contribution in [2.45, 2.75) is 0 Å². The molecule has 19 heavy (non-hydrogen) atoms. The molecule has 0 heterocycles. The molecule has 0 spiro atoms. The highest BCUT2D eigenvalue weighted by Gasteiger charge is 2.10. The smallest absolute Gasteiger partial charge is 0.153 e. The van der Waals surface area contributed by atoms with Crippen LogP contribution in [0.2, 0.25) is 0 Å². The van der Waals surface area contributed by atoms with Crippen LogP contribution in [-0.2, 0) is 0 Å². The number of aldehydes is 1. The number of methoxy groups -OCH3 is 1. The molecule has 0 atom stereocenters. The van der Waals surface area contributed by atoms with Gasteiger partial charge in [0.2, 0.25) is 0 Å². The Balaban J connectivity index is 2.52. The van der Waals surface area contributed by atoms with Gasteiger partial charge in [-0.3, -0.25) is 10.2 Å². The lowest BCUT2D eigenvalue weighted by molar-refractivity contribution is 0.112. The Morgan fingerprint density at radius 1 is 1.21 bits per heavy atom. The molecule has 2 aromatic rings. The summed E-state index contributed by atoms with van der Waals surface area (Å²) in [7, 11) is 1.54. The Morgan fingerprint density at radius 3 is 2.42 bits per heavy atom. The summed E-state index contributed by atoms with van der Waals surface area (Å²) in [5.74, 6) is 0.577. The summed E-state index contributed by atoms with van der Waals surface area (Å²) in [6.45, 7) is 0. The number of carbonyl (C=O) groups excluding carboxylic acids is 1. The lowest BCUT2D eigenvalue weighted by Crippen LogP contribution is -2.10. The fourth-order valence-electron chi connectivity index (χ4n) is 1.93. The van der Waals surface area contributed by atoms with E-state index in [1.807, 2.05) is 18.2 Å². The largest absolute Gasteiger partial charge is 0.495 e. The molecule has 0 bridgehead atoms. The van der Waals surface area contributed by atoms with Crippen molar-refractivity contribution < 1.29 is 9.53 Å². The lowest BCUT2D eigenvalue weighted by atomic mass is 10.0. The number of nitrogen functional groups attached to an aromatic ring is 1. The standard InChI is InChI=1S/C15H14N2O2/c1-19-14-12(9-18)3-2-4-13(14)10-5-7-11(8-6-10)15(16)17/h2-9H,1H3,(H3,16,17). The van der Waals surface area contributed by atoms with Crippen molar-refractivity contribution in [1.82, 2.24) is 0 Å².